The molecule has 2 heterocycles. The summed E-state index contributed by atoms with van der Waals surface area (Å²) in [6.07, 6.45) is -2.01. The van der Waals surface area contributed by atoms with Crippen LogP contribution in [0.2, 0.25) is 0 Å². The molecule has 2 fully saturated rings. The number of hydrogen-bond acceptors (Lipinski definition) is 7. The second kappa shape index (κ2) is 7.35. The molecule has 1 aromatic rings. The fraction of sp³-hybridized carbons (Fsp3) is 0.524. The van der Waals surface area contributed by atoms with Gasteiger partial charge >= 0.3 is 12.1 Å². The highest BCUT2D eigenvalue weighted by Gasteiger charge is 2.57. The van der Waals surface area contributed by atoms with E-state index in [1.54, 1.807) is 20.8 Å². The molecular formula is C21H25NO7. The quantitative estimate of drug-likeness (QED) is 0.748. The lowest BCUT2D eigenvalue weighted by Crippen LogP contribution is -2.59. The fourth-order valence-electron chi connectivity index (χ4n) is 4.33. The van der Waals surface area contributed by atoms with Crippen LogP contribution in [0.15, 0.2) is 41.7 Å². The van der Waals surface area contributed by atoms with Gasteiger partial charge in [-0.05, 0) is 26.3 Å². The van der Waals surface area contributed by atoms with Crippen molar-refractivity contribution < 1.29 is 33.6 Å². The molecule has 2 N–H and O–H groups in total. The fourth-order valence-corrected chi connectivity index (χ4v) is 4.33. The van der Waals surface area contributed by atoms with Gasteiger partial charge in [-0.3, -0.25) is 0 Å². The number of amides is 1. The van der Waals surface area contributed by atoms with Crippen LogP contribution in [0.4, 0.5) is 4.79 Å². The van der Waals surface area contributed by atoms with Crippen LogP contribution in [-0.4, -0.2) is 47.3 Å². The summed E-state index contributed by atoms with van der Waals surface area (Å²) in [5.41, 5.74) is 0.995. The molecule has 1 aromatic carbocycles. The molecule has 4 rings (SSSR count). The Morgan fingerprint density at radius 2 is 2.00 bits per heavy atom. The Morgan fingerprint density at radius 3 is 2.72 bits per heavy atom. The van der Waals surface area contributed by atoms with Gasteiger partial charge in [-0.1, -0.05) is 30.3 Å². The Morgan fingerprint density at radius 1 is 1.28 bits per heavy atom. The summed E-state index contributed by atoms with van der Waals surface area (Å²) in [6.45, 7) is 5.37. The first-order valence-electron chi connectivity index (χ1n) is 9.71. The van der Waals surface area contributed by atoms with E-state index in [2.05, 4.69) is 5.32 Å². The molecule has 0 saturated carbocycles. The standard InChI is InChI=1S/C21H25NO7/c1-11-17(22-20(25)26-10-12-7-5-4-6-8-12)16-15(19(24)27-11)13(23)9-14-18(16)29-21(2,3)28-14/h4-8,11,14,16-18,23H,9-10H2,1-3H3,(H,22,25)/t11-,14-,16-,17+,18+/m1/s1. The molecule has 5 atom stereocenters. The molecule has 0 spiro atoms. The highest BCUT2D eigenvalue weighted by Crippen LogP contribution is 2.45. The molecule has 8 nitrogen and oxygen atoms in total. The minimum atomic E-state index is -0.853. The van der Waals surface area contributed by atoms with E-state index in [9.17, 15) is 14.7 Å². The van der Waals surface area contributed by atoms with Gasteiger partial charge in [0.25, 0.3) is 0 Å². The highest BCUT2D eigenvalue weighted by atomic mass is 16.8. The van der Waals surface area contributed by atoms with Crippen LogP contribution in [0.3, 0.4) is 0 Å². The minimum absolute atomic E-state index is 0.0843. The van der Waals surface area contributed by atoms with Crippen LogP contribution < -0.4 is 5.32 Å². The average molecular weight is 403 g/mol. The Labute approximate surface area is 168 Å². The second-order valence-corrected chi connectivity index (χ2v) is 8.07. The van der Waals surface area contributed by atoms with Crippen LogP contribution in [0, 0.1) is 5.92 Å². The lowest BCUT2D eigenvalue weighted by molar-refractivity contribution is -0.162. The maximum Gasteiger partial charge on any atom is 0.407 e. The number of aliphatic hydroxyl groups is 1. The molecule has 0 bridgehead atoms. The van der Waals surface area contributed by atoms with Gasteiger partial charge in [-0.2, -0.15) is 0 Å². The summed E-state index contributed by atoms with van der Waals surface area (Å²) in [5, 5.41) is 13.3. The van der Waals surface area contributed by atoms with Crippen molar-refractivity contribution in [3.63, 3.8) is 0 Å². The molecule has 29 heavy (non-hydrogen) atoms. The van der Waals surface area contributed by atoms with Crippen LogP contribution in [0.25, 0.3) is 0 Å². The smallest absolute Gasteiger partial charge is 0.407 e. The number of nitrogens with one attached hydrogen (secondary N) is 1. The Kier molecular flexibility index (Phi) is 5.00. The molecule has 156 valence electrons. The number of carbonyl (C=O) groups excluding carboxylic acids is 2. The summed E-state index contributed by atoms with van der Waals surface area (Å²) in [7, 11) is 0. The van der Waals surface area contributed by atoms with Crippen molar-refractivity contribution in [2.75, 3.05) is 0 Å². The van der Waals surface area contributed by atoms with Crippen molar-refractivity contribution in [3.8, 4) is 0 Å². The summed E-state index contributed by atoms with van der Waals surface area (Å²) in [4.78, 5) is 24.9. The van der Waals surface area contributed by atoms with Crippen LogP contribution in [-0.2, 0) is 30.3 Å². The largest absolute Gasteiger partial charge is 0.512 e. The van der Waals surface area contributed by atoms with E-state index in [4.69, 9.17) is 18.9 Å². The summed E-state index contributed by atoms with van der Waals surface area (Å²) >= 11 is 0. The van der Waals surface area contributed by atoms with E-state index < -0.39 is 48.1 Å². The number of hydrogen-bond donors (Lipinski definition) is 2. The topological polar surface area (TPSA) is 103 Å². The van der Waals surface area contributed by atoms with E-state index >= 15 is 0 Å². The van der Waals surface area contributed by atoms with Gasteiger partial charge < -0.3 is 29.4 Å². The Bertz CT molecular complexity index is 835. The van der Waals surface area contributed by atoms with Crippen molar-refractivity contribution in [1.29, 1.82) is 0 Å². The van der Waals surface area contributed by atoms with Crippen molar-refractivity contribution >= 4 is 12.1 Å². The Balaban J connectivity index is 1.54. The maximum atomic E-state index is 12.5. The number of carbonyl (C=O) groups is 2. The highest BCUT2D eigenvalue weighted by molar-refractivity contribution is 5.91. The average Bonchev–Trinajstić information content (AvgIpc) is 2.97. The molecule has 2 saturated heterocycles. The first kappa shape index (κ1) is 19.7. The van der Waals surface area contributed by atoms with Crippen molar-refractivity contribution in [2.24, 2.45) is 5.92 Å². The number of benzene rings is 1. The lowest BCUT2D eigenvalue weighted by Gasteiger charge is -2.43. The third kappa shape index (κ3) is 3.82. The number of alkyl carbamates (subject to hydrolysis) is 1. The molecule has 3 aliphatic rings. The molecule has 1 aliphatic carbocycles. The monoisotopic (exact) mass is 403 g/mol. The number of rotatable bonds is 3. The van der Waals surface area contributed by atoms with Gasteiger partial charge in [0.05, 0.1) is 23.8 Å². The van der Waals surface area contributed by atoms with Gasteiger partial charge in [-0.25, -0.2) is 9.59 Å². The van der Waals surface area contributed by atoms with Gasteiger partial charge in [0.15, 0.2) is 5.79 Å². The van der Waals surface area contributed by atoms with Crippen LogP contribution in [0.5, 0.6) is 0 Å². The van der Waals surface area contributed by atoms with E-state index in [0.29, 0.717) is 0 Å². The third-order valence-corrected chi connectivity index (χ3v) is 5.52. The van der Waals surface area contributed by atoms with Gasteiger partial charge in [0.1, 0.15) is 18.5 Å². The molecule has 8 heteroatoms. The summed E-state index contributed by atoms with van der Waals surface area (Å²) < 4.78 is 22.6. The van der Waals surface area contributed by atoms with Gasteiger partial charge in [0.2, 0.25) is 0 Å². The number of esters is 1. The third-order valence-electron chi connectivity index (χ3n) is 5.52. The lowest BCUT2D eigenvalue weighted by atomic mass is 9.74. The van der Waals surface area contributed by atoms with Crippen molar-refractivity contribution in [1.82, 2.24) is 5.32 Å². The van der Waals surface area contributed by atoms with Crippen LogP contribution >= 0.6 is 0 Å². The molecular weight excluding hydrogens is 378 g/mol. The number of aliphatic hydroxyl groups excluding tert-OH is 1. The zero-order valence-electron chi connectivity index (χ0n) is 16.6. The number of ether oxygens (including phenoxy) is 4. The van der Waals surface area contributed by atoms with E-state index in [-0.39, 0.29) is 24.4 Å². The predicted octanol–water partition coefficient (Wildman–Crippen LogP) is 2.58. The SMILES string of the molecule is C[C@H]1OC(=O)C2=C(O)C[C@H]3OC(C)(C)O[C@@H]3[C@H]2[C@H]1NC(=O)OCc1ccccc1. The van der Waals surface area contributed by atoms with E-state index in [0.717, 1.165) is 5.56 Å². The first-order valence-corrected chi connectivity index (χ1v) is 9.71. The van der Waals surface area contributed by atoms with Gasteiger partial charge in [0, 0.05) is 12.3 Å². The van der Waals surface area contributed by atoms with E-state index in [1.165, 1.54) is 0 Å². The predicted molar refractivity (Wildman–Crippen MR) is 101 cm³/mol. The van der Waals surface area contributed by atoms with Crippen molar-refractivity contribution in [3.05, 3.63) is 47.2 Å². The minimum Gasteiger partial charge on any atom is -0.512 e. The van der Waals surface area contributed by atoms with E-state index in [1.807, 2.05) is 30.3 Å². The second-order valence-electron chi connectivity index (χ2n) is 8.07. The van der Waals surface area contributed by atoms with Gasteiger partial charge in [-0.15, -0.1) is 0 Å². The molecule has 0 radical (unpaired) electrons. The Hall–Kier alpha value is -2.58. The first-order chi connectivity index (χ1) is 13.7. The maximum absolute atomic E-state index is 12.5. The molecule has 0 unspecified atom stereocenters. The zero-order valence-corrected chi connectivity index (χ0v) is 16.6. The molecule has 2 aliphatic heterocycles. The number of cyclic esters (lactones) is 1. The zero-order chi connectivity index (χ0) is 20.8. The molecule has 0 aromatic heterocycles. The van der Waals surface area contributed by atoms with Crippen molar-refractivity contribution in [2.45, 2.75) is 63.9 Å². The normalized spacial score (nSPS) is 32.8. The summed E-state index contributed by atoms with van der Waals surface area (Å²) in [6, 6.07) is 8.69. The molecule has 1 amide bonds. The summed E-state index contributed by atoms with van der Waals surface area (Å²) in [5.74, 6) is -2.13. The number of fused-ring (bicyclic) bond motifs is 3. The van der Waals surface area contributed by atoms with Crippen LogP contribution in [0.1, 0.15) is 32.8 Å².